The van der Waals surface area contributed by atoms with Gasteiger partial charge in [0.25, 0.3) is 0 Å². The first-order chi connectivity index (χ1) is 9.28. The standard InChI is InChI=1S/C17H28FNO/c1-13(2)19-12-16(20-11-10-17(3,4)5)14-6-8-15(18)9-7-14/h6-9,13,16,19H,10-12H2,1-5H3. The summed E-state index contributed by atoms with van der Waals surface area (Å²) in [5.41, 5.74) is 1.28. The Labute approximate surface area is 122 Å². The lowest BCUT2D eigenvalue weighted by Crippen LogP contribution is -2.29. The lowest BCUT2D eigenvalue weighted by Gasteiger charge is -2.23. The highest BCUT2D eigenvalue weighted by atomic mass is 19.1. The van der Waals surface area contributed by atoms with Crippen molar-refractivity contribution in [3.05, 3.63) is 35.6 Å². The molecule has 1 N–H and O–H groups in total. The maximum Gasteiger partial charge on any atom is 0.123 e. The van der Waals surface area contributed by atoms with Crippen molar-refractivity contribution in [3.63, 3.8) is 0 Å². The molecule has 0 aromatic heterocycles. The minimum absolute atomic E-state index is 0.0275. The largest absolute Gasteiger partial charge is 0.372 e. The Morgan fingerprint density at radius 2 is 1.75 bits per heavy atom. The van der Waals surface area contributed by atoms with Gasteiger partial charge in [-0.1, -0.05) is 46.8 Å². The van der Waals surface area contributed by atoms with Crippen molar-refractivity contribution < 1.29 is 9.13 Å². The number of halogens is 1. The molecule has 0 spiro atoms. The van der Waals surface area contributed by atoms with E-state index in [1.54, 1.807) is 12.1 Å². The van der Waals surface area contributed by atoms with Crippen LogP contribution in [0.5, 0.6) is 0 Å². The molecule has 0 amide bonds. The van der Waals surface area contributed by atoms with Gasteiger partial charge in [-0.2, -0.15) is 0 Å². The van der Waals surface area contributed by atoms with E-state index in [9.17, 15) is 4.39 Å². The summed E-state index contributed by atoms with van der Waals surface area (Å²) in [6.45, 7) is 12.3. The fraction of sp³-hybridized carbons (Fsp3) is 0.647. The molecule has 1 rings (SSSR count). The van der Waals surface area contributed by atoms with E-state index in [4.69, 9.17) is 4.74 Å². The summed E-state index contributed by atoms with van der Waals surface area (Å²) in [7, 11) is 0. The monoisotopic (exact) mass is 281 g/mol. The fourth-order valence-electron chi connectivity index (χ4n) is 1.80. The van der Waals surface area contributed by atoms with Gasteiger partial charge in [-0.15, -0.1) is 0 Å². The van der Waals surface area contributed by atoms with Crippen LogP contribution < -0.4 is 5.32 Å². The average molecular weight is 281 g/mol. The molecule has 1 unspecified atom stereocenters. The van der Waals surface area contributed by atoms with Crippen LogP contribution in [0.25, 0.3) is 0 Å². The Morgan fingerprint density at radius 1 is 1.15 bits per heavy atom. The van der Waals surface area contributed by atoms with E-state index in [0.717, 1.165) is 18.5 Å². The smallest absolute Gasteiger partial charge is 0.123 e. The number of hydrogen-bond acceptors (Lipinski definition) is 2. The number of nitrogens with one attached hydrogen (secondary N) is 1. The Hall–Kier alpha value is -0.930. The van der Waals surface area contributed by atoms with Gasteiger partial charge in [0.15, 0.2) is 0 Å². The zero-order chi connectivity index (χ0) is 15.2. The molecule has 0 saturated carbocycles. The Bertz CT molecular complexity index is 381. The molecular formula is C17H28FNO. The Morgan fingerprint density at radius 3 is 2.25 bits per heavy atom. The van der Waals surface area contributed by atoms with E-state index in [2.05, 4.69) is 39.9 Å². The van der Waals surface area contributed by atoms with Crippen LogP contribution in [0.3, 0.4) is 0 Å². The molecule has 0 bridgehead atoms. The third kappa shape index (κ3) is 7.01. The topological polar surface area (TPSA) is 21.3 Å². The van der Waals surface area contributed by atoms with Gasteiger partial charge in [0.1, 0.15) is 5.82 Å². The second-order valence-corrected chi connectivity index (χ2v) is 6.78. The molecule has 2 nitrogen and oxygen atoms in total. The van der Waals surface area contributed by atoms with Gasteiger partial charge < -0.3 is 10.1 Å². The predicted octanol–water partition coefficient (Wildman–Crippen LogP) is 4.32. The third-order valence-corrected chi connectivity index (χ3v) is 3.12. The molecule has 0 saturated heterocycles. The van der Waals surface area contributed by atoms with Gasteiger partial charge in [0, 0.05) is 19.2 Å². The van der Waals surface area contributed by atoms with E-state index in [-0.39, 0.29) is 17.3 Å². The molecule has 0 aliphatic heterocycles. The van der Waals surface area contributed by atoms with Crippen molar-refractivity contribution in [3.8, 4) is 0 Å². The van der Waals surface area contributed by atoms with Crippen molar-refractivity contribution in [2.75, 3.05) is 13.2 Å². The molecule has 20 heavy (non-hydrogen) atoms. The van der Waals surface area contributed by atoms with Crippen molar-refractivity contribution in [1.29, 1.82) is 0 Å². The summed E-state index contributed by atoms with van der Waals surface area (Å²) in [4.78, 5) is 0. The molecule has 0 radical (unpaired) electrons. The quantitative estimate of drug-likeness (QED) is 0.803. The van der Waals surface area contributed by atoms with Crippen LogP contribution in [0.15, 0.2) is 24.3 Å². The van der Waals surface area contributed by atoms with Crippen molar-refractivity contribution in [2.45, 2.75) is 53.2 Å². The van der Waals surface area contributed by atoms with E-state index >= 15 is 0 Å². The summed E-state index contributed by atoms with van der Waals surface area (Å²) in [5.74, 6) is -0.209. The van der Waals surface area contributed by atoms with Crippen LogP contribution >= 0.6 is 0 Å². The van der Waals surface area contributed by atoms with Gasteiger partial charge >= 0.3 is 0 Å². The van der Waals surface area contributed by atoms with Gasteiger partial charge in [0.05, 0.1) is 6.10 Å². The lowest BCUT2D eigenvalue weighted by atomic mass is 9.93. The second kappa shape index (κ2) is 7.75. The summed E-state index contributed by atoms with van der Waals surface area (Å²) < 4.78 is 19.0. The Balaban J connectivity index is 2.62. The molecule has 0 heterocycles. The molecule has 114 valence electrons. The van der Waals surface area contributed by atoms with Crippen LogP contribution in [-0.4, -0.2) is 19.2 Å². The van der Waals surface area contributed by atoms with Crippen LogP contribution in [0.1, 0.15) is 52.7 Å². The number of rotatable bonds is 7. The average Bonchev–Trinajstić information content (AvgIpc) is 2.33. The van der Waals surface area contributed by atoms with E-state index < -0.39 is 0 Å². The molecular weight excluding hydrogens is 253 g/mol. The second-order valence-electron chi connectivity index (χ2n) is 6.78. The van der Waals surface area contributed by atoms with Crippen molar-refractivity contribution in [1.82, 2.24) is 5.32 Å². The molecule has 1 aromatic rings. The summed E-state index contributed by atoms with van der Waals surface area (Å²) in [6, 6.07) is 7.00. The first-order valence-electron chi connectivity index (χ1n) is 7.38. The van der Waals surface area contributed by atoms with Crippen molar-refractivity contribution >= 4 is 0 Å². The van der Waals surface area contributed by atoms with E-state index in [1.165, 1.54) is 12.1 Å². The summed E-state index contributed by atoms with van der Waals surface area (Å²) in [6.07, 6.45) is 0.979. The van der Waals surface area contributed by atoms with E-state index in [0.29, 0.717) is 12.6 Å². The molecule has 3 heteroatoms. The first kappa shape index (κ1) is 17.1. The zero-order valence-corrected chi connectivity index (χ0v) is 13.4. The van der Waals surface area contributed by atoms with E-state index in [1.807, 2.05) is 0 Å². The molecule has 1 atom stereocenters. The predicted molar refractivity (Wildman–Crippen MR) is 82.3 cm³/mol. The SMILES string of the molecule is CC(C)NCC(OCCC(C)(C)C)c1ccc(F)cc1. The molecule has 1 aromatic carbocycles. The molecule has 0 fully saturated rings. The number of hydrogen-bond donors (Lipinski definition) is 1. The van der Waals surface area contributed by atoms with Gasteiger partial charge in [-0.05, 0) is 29.5 Å². The highest BCUT2D eigenvalue weighted by Gasteiger charge is 2.15. The lowest BCUT2D eigenvalue weighted by molar-refractivity contribution is 0.0358. The minimum atomic E-state index is -0.209. The molecule has 0 aliphatic carbocycles. The maximum atomic E-state index is 13.0. The fourth-order valence-corrected chi connectivity index (χ4v) is 1.80. The van der Waals surface area contributed by atoms with Crippen LogP contribution in [0.2, 0.25) is 0 Å². The van der Waals surface area contributed by atoms with Gasteiger partial charge in [0.2, 0.25) is 0 Å². The van der Waals surface area contributed by atoms with Crippen molar-refractivity contribution in [2.24, 2.45) is 5.41 Å². The highest BCUT2D eigenvalue weighted by molar-refractivity contribution is 5.19. The van der Waals surface area contributed by atoms with Crippen LogP contribution in [-0.2, 0) is 4.74 Å². The van der Waals surface area contributed by atoms with Gasteiger partial charge in [-0.3, -0.25) is 0 Å². The first-order valence-corrected chi connectivity index (χ1v) is 7.38. The molecule has 0 aliphatic rings. The number of benzene rings is 1. The summed E-state index contributed by atoms with van der Waals surface area (Å²) in [5, 5.41) is 3.39. The van der Waals surface area contributed by atoms with Crippen LogP contribution in [0.4, 0.5) is 4.39 Å². The number of ether oxygens (including phenoxy) is 1. The maximum absolute atomic E-state index is 13.0. The highest BCUT2D eigenvalue weighted by Crippen LogP contribution is 2.22. The minimum Gasteiger partial charge on any atom is -0.372 e. The van der Waals surface area contributed by atoms with Crippen LogP contribution in [0, 0.1) is 11.2 Å². The normalized spacial score (nSPS) is 13.8. The zero-order valence-electron chi connectivity index (χ0n) is 13.4. The third-order valence-electron chi connectivity index (χ3n) is 3.12. The Kier molecular flexibility index (Phi) is 6.63. The summed E-state index contributed by atoms with van der Waals surface area (Å²) >= 11 is 0. The van der Waals surface area contributed by atoms with Gasteiger partial charge in [-0.25, -0.2) is 4.39 Å².